The average molecular weight is 325 g/mol. The van der Waals surface area contributed by atoms with Crippen molar-refractivity contribution in [2.45, 2.75) is 6.92 Å². The van der Waals surface area contributed by atoms with Crippen molar-refractivity contribution in [2.24, 2.45) is 0 Å². The zero-order chi connectivity index (χ0) is 17.1. The first-order valence-electron chi connectivity index (χ1n) is 7.39. The number of hydrogen-bond donors (Lipinski definition) is 0. The molecule has 0 radical (unpaired) electrons. The second-order valence-corrected chi connectivity index (χ2v) is 5.35. The molecule has 0 N–H and O–H groups in total. The van der Waals surface area contributed by atoms with Crippen LogP contribution >= 0.6 is 0 Å². The number of carbonyl (C=O) groups excluding carboxylic acids is 3. The molecule has 0 saturated carbocycles. The molecule has 0 aliphatic carbocycles. The summed E-state index contributed by atoms with van der Waals surface area (Å²) in [5.74, 6) is -0.219. The van der Waals surface area contributed by atoms with E-state index in [1.165, 1.54) is 6.92 Å². The molecule has 122 valence electrons. The zero-order valence-corrected chi connectivity index (χ0v) is 13.0. The Morgan fingerprint density at radius 1 is 1.12 bits per heavy atom. The van der Waals surface area contributed by atoms with Crippen LogP contribution in [0.4, 0.5) is 5.69 Å². The first kappa shape index (κ1) is 15.7. The number of anilines is 1. The largest absolute Gasteiger partial charge is 0.425 e. The second kappa shape index (κ2) is 6.54. The monoisotopic (exact) mass is 325 g/mol. The number of nitrogens with zero attached hydrogens (tertiary/aromatic N) is 1. The van der Waals surface area contributed by atoms with Crippen LogP contribution in [-0.4, -0.2) is 30.8 Å². The average Bonchev–Trinajstić information content (AvgIpc) is 2.55. The van der Waals surface area contributed by atoms with Gasteiger partial charge in [-0.25, -0.2) is 9.59 Å². The standard InChI is InChI=1S/C18H15NO5/c1-12(20)13-6-8-14(9-7-13)23-17(21)10-19-11-18(22)24-16-5-3-2-4-15(16)19/h2-9H,10-11H2,1H3. The fourth-order valence-corrected chi connectivity index (χ4v) is 2.42. The molecule has 2 aromatic carbocycles. The number of carbonyl (C=O) groups is 3. The van der Waals surface area contributed by atoms with E-state index in [9.17, 15) is 14.4 Å². The highest BCUT2D eigenvalue weighted by atomic mass is 16.5. The molecule has 1 heterocycles. The van der Waals surface area contributed by atoms with E-state index in [0.29, 0.717) is 22.7 Å². The second-order valence-electron chi connectivity index (χ2n) is 5.35. The lowest BCUT2D eigenvalue weighted by Crippen LogP contribution is -2.41. The molecular weight excluding hydrogens is 310 g/mol. The topological polar surface area (TPSA) is 72.9 Å². The van der Waals surface area contributed by atoms with Crippen molar-refractivity contribution < 1.29 is 23.9 Å². The number of esters is 2. The van der Waals surface area contributed by atoms with Gasteiger partial charge in [-0.3, -0.25) is 4.79 Å². The molecule has 0 atom stereocenters. The number of para-hydroxylation sites is 2. The Kier molecular flexibility index (Phi) is 4.29. The molecule has 3 rings (SSSR count). The van der Waals surface area contributed by atoms with Gasteiger partial charge in [-0.15, -0.1) is 0 Å². The van der Waals surface area contributed by atoms with Crippen LogP contribution in [0.1, 0.15) is 17.3 Å². The molecule has 6 nitrogen and oxygen atoms in total. The van der Waals surface area contributed by atoms with Gasteiger partial charge in [0, 0.05) is 5.56 Å². The van der Waals surface area contributed by atoms with Gasteiger partial charge in [0.1, 0.15) is 18.8 Å². The van der Waals surface area contributed by atoms with Gasteiger partial charge in [-0.1, -0.05) is 12.1 Å². The van der Waals surface area contributed by atoms with Crippen LogP contribution in [0.3, 0.4) is 0 Å². The molecule has 1 aliphatic rings. The Hall–Kier alpha value is -3.15. The Morgan fingerprint density at radius 3 is 2.54 bits per heavy atom. The van der Waals surface area contributed by atoms with Gasteiger partial charge in [0.15, 0.2) is 11.5 Å². The third kappa shape index (κ3) is 3.43. The third-order valence-corrected chi connectivity index (χ3v) is 3.56. The van der Waals surface area contributed by atoms with Gasteiger partial charge in [-0.2, -0.15) is 0 Å². The van der Waals surface area contributed by atoms with Crippen molar-refractivity contribution in [1.29, 1.82) is 0 Å². The predicted octanol–water partition coefficient (Wildman–Crippen LogP) is 2.22. The maximum atomic E-state index is 12.1. The number of rotatable bonds is 4. The predicted molar refractivity (Wildman–Crippen MR) is 86.4 cm³/mol. The number of hydrogen-bond acceptors (Lipinski definition) is 6. The fraction of sp³-hybridized carbons (Fsp3) is 0.167. The number of Topliss-reactive ketones (excluding diaryl/α,β-unsaturated/α-hetero) is 1. The van der Waals surface area contributed by atoms with Crippen molar-refractivity contribution >= 4 is 23.4 Å². The summed E-state index contributed by atoms with van der Waals surface area (Å²) in [6, 6.07) is 13.3. The smallest absolute Gasteiger partial charge is 0.331 e. The van der Waals surface area contributed by atoms with Crippen molar-refractivity contribution in [1.82, 2.24) is 0 Å². The molecule has 0 bridgehead atoms. The quantitative estimate of drug-likeness (QED) is 0.487. The van der Waals surface area contributed by atoms with Crippen LogP contribution in [0.25, 0.3) is 0 Å². The Morgan fingerprint density at radius 2 is 1.83 bits per heavy atom. The SMILES string of the molecule is CC(=O)c1ccc(OC(=O)CN2CC(=O)Oc3ccccc32)cc1. The fourth-order valence-electron chi connectivity index (χ4n) is 2.42. The summed E-state index contributed by atoms with van der Waals surface area (Å²) in [5.41, 5.74) is 1.21. The summed E-state index contributed by atoms with van der Waals surface area (Å²) in [6.07, 6.45) is 0. The van der Waals surface area contributed by atoms with E-state index >= 15 is 0 Å². The molecule has 0 unspecified atom stereocenters. The minimum atomic E-state index is -0.505. The molecule has 0 fully saturated rings. The lowest BCUT2D eigenvalue weighted by atomic mass is 10.1. The molecule has 24 heavy (non-hydrogen) atoms. The Balaban J connectivity index is 1.69. The summed E-state index contributed by atoms with van der Waals surface area (Å²) >= 11 is 0. The van der Waals surface area contributed by atoms with E-state index in [1.54, 1.807) is 53.4 Å². The molecule has 0 spiro atoms. The van der Waals surface area contributed by atoms with Crippen LogP contribution in [0.15, 0.2) is 48.5 Å². The normalized spacial score (nSPS) is 13.0. The highest BCUT2D eigenvalue weighted by molar-refractivity contribution is 5.94. The molecule has 0 amide bonds. The molecule has 2 aromatic rings. The Bertz CT molecular complexity index is 797. The van der Waals surface area contributed by atoms with Crippen LogP contribution in [-0.2, 0) is 9.59 Å². The molecule has 1 aliphatic heterocycles. The van der Waals surface area contributed by atoms with E-state index < -0.39 is 11.9 Å². The van der Waals surface area contributed by atoms with E-state index in [2.05, 4.69) is 0 Å². The van der Waals surface area contributed by atoms with Crippen molar-refractivity contribution in [3.63, 3.8) is 0 Å². The highest BCUT2D eigenvalue weighted by Gasteiger charge is 2.25. The van der Waals surface area contributed by atoms with Crippen LogP contribution in [0, 0.1) is 0 Å². The van der Waals surface area contributed by atoms with Crippen molar-refractivity contribution in [2.75, 3.05) is 18.0 Å². The lowest BCUT2D eigenvalue weighted by Gasteiger charge is -2.28. The van der Waals surface area contributed by atoms with Crippen LogP contribution < -0.4 is 14.4 Å². The Labute approximate surface area is 138 Å². The maximum absolute atomic E-state index is 12.1. The maximum Gasteiger partial charge on any atom is 0.331 e. The van der Waals surface area contributed by atoms with E-state index in [4.69, 9.17) is 9.47 Å². The molecule has 0 saturated heterocycles. The summed E-state index contributed by atoms with van der Waals surface area (Å²) in [5, 5.41) is 0. The summed E-state index contributed by atoms with van der Waals surface area (Å²) in [4.78, 5) is 36.6. The number of ether oxygens (including phenoxy) is 2. The number of fused-ring (bicyclic) bond motifs is 1. The summed E-state index contributed by atoms with van der Waals surface area (Å²) in [6.45, 7) is 1.36. The van der Waals surface area contributed by atoms with Crippen LogP contribution in [0.2, 0.25) is 0 Å². The summed E-state index contributed by atoms with van der Waals surface area (Å²) in [7, 11) is 0. The summed E-state index contributed by atoms with van der Waals surface area (Å²) < 4.78 is 10.4. The third-order valence-electron chi connectivity index (χ3n) is 3.56. The minimum Gasteiger partial charge on any atom is -0.425 e. The van der Waals surface area contributed by atoms with Gasteiger partial charge in [0.05, 0.1) is 5.69 Å². The first-order valence-corrected chi connectivity index (χ1v) is 7.39. The van der Waals surface area contributed by atoms with E-state index in [1.807, 2.05) is 0 Å². The van der Waals surface area contributed by atoms with Gasteiger partial charge in [0.25, 0.3) is 0 Å². The van der Waals surface area contributed by atoms with Crippen molar-refractivity contribution in [3.8, 4) is 11.5 Å². The number of benzene rings is 2. The first-order chi connectivity index (χ1) is 11.5. The molecule has 6 heteroatoms. The lowest BCUT2D eigenvalue weighted by molar-refractivity contribution is -0.134. The minimum absolute atomic E-state index is 0.0185. The van der Waals surface area contributed by atoms with E-state index in [0.717, 1.165) is 0 Å². The zero-order valence-electron chi connectivity index (χ0n) is 13.0. The van der Waals surface area contributed by atoms with Gasteiger partial charge >= 0.3 is 11.9 Å². The van der Waals surface area contributed by atoms with Crippen LogP contribution in [0.5, 0.6) is 11.5 Å². The van der Waals surface area contributed by atoms with Crippen molar-refractivity contribution in [3.05, 3.63) is 54.1 Å². The van der Waals surface area contributed by atoms with Gasteiger partial charge in [-0.05, 0) is 43.3 Å². The number of ketones is 1. The molecule has 0 aromatic heterocycles. The van der Waals surface area contributed by atoms with Gasteiger partial charge in [0.2, 0.25) is 0 Å². The highest BCUT2D eigenvalue weighted by Crippen LogP contribution is 2.31. The van der Waals surface area contributed by atoms with E-state index in [-0.39, 0.29) is 18.9 Å². The van der Waals surface area contributed by atoms with Gasteiger partial charge < -0.3 is 14.4 Å². The molecular formula is C18H15NO5.